The summed E-state index contributed by atoms with van der Waals surface area (Å²) in [6.07, 6.45) is 1.09. The van der Waals surface area contributed by atoms with E-state index >= 15 is 0 Å². The Kier molecular flexibility index (Phi) is 7.24. The molecule has 0 heterocycles. The lowest BCUT2D eigenvalue weighted by molar-refractivity contribution is -0.129. The molecular weight excluding hydrogens is 364 g/mol. The monoisotopic (exact) mass is 390 g/mol. The molecule has 2 rings (SSSR count). The molecule has 1 amide bonds. The number of rotatable bonds is 9. The maximum atomic E-state index is 12.9. The van der Waals surface area contributed by atoms with Gasteiger partial charge < -0.3 is 9.64 Å². The van der Waals surface area contributed by atoms with E-state index in [0.717, 1.165) is 16.1 Å². The van der Waals surface area contributed by atoms with Crippen LogP contribution in [0.4, 0.5) is 5.69 Å². The summed E-state index contributed by atoms with van der Waals surface area (Å²) in [5.41, 5.74) is 1.36. The number of para-hydroxylation sites is 2. The number of likely N-dealkylation sites (N-methyl/N-ethyl adjacent to an activating group) is 1. The first kappa shape index (κ1) is 20.8. The molecule has 0 atom stereocenters. The molecule has 27 heavy (non-hydrogen) atoms. The molecule has 0 fully saturated rings. The van der Waals surface area contributed by atoms with Gasteiger partial charge in [0.15, 0.2) is 0 Å². The number of amides is 1. The van der Waals surface area contributed by atoms with Gasteiger partial charge in [-0.15, -0.1) is 0 Å². The van der Waals surface area contributed by atoms with E-state index < -0.39 is 10.0 Å². The summed E-state index contributed by atoms with van der Waals surface area (Å²) in [4.78, 5) is 14.5. The molecule has 0 bridgehead atoms. The van der Waals surface area contributed by atoms with Crippen LogP contribution >= 0.6 is 0 Å². The van der Waals surface area contributed by atoms with Crippen molar-refractivity contribution in [3.8, 4) is 5.75 Å². The molecule has 0 saturated heterocycles. The third-order valence-electron chi connectivity index (χ3n) is 4.06. The van der Waals surface area contributed by atoms with Crippen molar-refractivity contribution in [3.63, 3.8) is 0 Å². The topological polar surface area (TPSA) is 66.9 Å². The first-order valence-electron chi connectivity index (χ1n) is 8.88. The van der Waals surface area contributed by atoms with Crippen molar-refractivity contribution in [2.24, 2.45) is 0 Å². The Morgan fingerprint density at radius 2 is 1.63 bits per heavy atom. The van der Waals surface area contributed by atoms with Gasteiger partial charge in [0.05, 0.1) is 18.6 Å². The molecule has 0 aliphatic rings. The lowest BCUT2D eigenvalue weighted by Crippen LogP contribution is -2.42. The molecule has 7 heteroatoms. The van der Waals surface area contributed by atoms with E-state index in [0.29, 0.717) is 31.1 Å². The fourth-order valence-corrected chi connectivity index (χ4v) is 3.58. The predicted molar refractivity (Wildman–Crippen MR) is 107 cm³/mol. The van der Waals surface area contributed by atoms with Gasteiger partial charge in [-0.25, -0.2) is 8.42 Å². The van der Waals surface area contributed by atoms with Gasteiger partial charge in [0.1, 0.15) is 12.3 Å². The van der Waals surface area contributed by atoms with Gasteiger partial charge >= 0.3 is 0 Å². The second-order valence-corrected chi connectivity index (χ2v) is 7.97. The summed E-state index contributed by atoms with van der Waals surface area (Å²) in [5.74, 6) is 0.169. The van der Waals surface area contributed by atoms with Crippen molar-refractivity contribution in [2.45, 2.75) is 20.4 Å². The van der Waals surface area contributed by atoms with Gasteiger partial charge in [-0.1, -0.05) is 42.5 Å². The number of carbonyl (C=O) groups is 1. The third kappa shape index (κ3) is 5.72. The first-order valence-corrected chi connectivity index (χ1v) is 10.7. The van der Waals surface area contributed by atoms with E-state index in [1.54, 1.807) is 29.2 Å². The SMILES string of the molecule is CCOc1ccccc1N(CC(=O)N(CC)Cc1ccccc1)S(C)(=O)=O. The number of carbonyl (C=O) groups excluding carboxylic acids is 1. The van der Waals surface area contributed by atoms with Gasteiger partial charge in [0, 0.05) is 13.1 Å². The van der Waals surface area contributed by atoms with Crippen LogP contribution in [0.5, 0.6) is 5.75 Å². The van der Waals surface area contributed by atoms with Crippen LogP contribution in [0, 0.1) is 0 Å². The molecule has 0 N–H and O–H groups in total. The van der Waals surface area contributed by atoms with Crippen LogP contribution in [0.3, 0.4) is 0 Å². The Bertz CT molecular complexity index is 853. The Labute approximate surface area is 161 Å². The Hall–Kier alpha value is -2.54. The minimum Gasteiger partial charge on any atom is -0.492 e. The minimum atomic E-state index is -3.66. The standard InChI is InChI=1S/C20H26N2O4S/c1-4-21(15-17-11-7-6-8-12-17)20(23)16-22(27(3,24)25)18-13-9-10-14-19(18)26-5-2/h6-14H,4-5,15-16H2,1-3H3. The smallest absolute Gasteiger partial charge is 0.243 e. The average molecular weight is 391 g/mol. The van der Waals surface area contributed by atoms with Crippen LogP contribution in [-0.4, -0.2) is 45.2 Å². The molecule has 0 saturated carbocycles. The van der Waals surface area contributed by atoms with Crippen LogP contribution in [0.25, 0.3) is 0 Å². The predicted octanol–water partition coefficient (Wildman–Crippen LogP) is 2.90. The molecule has 0 aliphatic carbocycles. The highest BCUT2D eigenvalue weighted by Gasteiger charge is 2.26. The Morgan fingerprint density at radius 3 is 2.22 bits per heavy atom. The molecule has 2 aromatic rings. The van der Waals surface area contributed by atoms with Gasteiger partial charge in [0.25, 0.3) is 0 Å². The summed E-state index contributed by atoms with van der Waals surface area (Å²) < 4.78 is 31.4. The number of ether oxygens (including phenoxy) is 1. The normalized spacial score (nSPS) is 11.1. The van der Waals surface area contributed by atoms with Crippen molar-refractivity contribution in [1.82, 2.24) is 4.90 Å². The summed E-state index contributed by atoms with van der Waals surface area (Å²) in [5, 5.41) is 0. The second kappa shape index (κ2) is 9.41. The number of sulfonamides is 1. The van der Waals surface area contributed by atoms with Crippen LogP contribution in [0.15, 0.2) is 54.6 Å². The van der Waals surface area contributed by atoms with Crippen LogP contribution in [0.1, 0.15) is 19.4 Å². The van der Waals surface area contributed by atoms with E-state index in [4.69, 9.17) is 4.74 Å². The highest BCUT2D eigenvalue weighted by molar-refractivity contribution is 7.92. The fraction of sp³-hybridized carbons (Fsp3) is 0.350. The zero-order chi connectivity index (χ0) is 19.9. The fourth-order valence-electron chi connectivity index (χ4n) is 2.72. The second-order valence-electron chi connectivity index (χ2n) is 6.06. The van der Waals surface area contributed by atoms with Crippen LogP contribution in [-0.2, 0) is 21.4 Å². The molecule has 0 aliphatic heterocycles. The zero-order valence-electron chi connectivity index (χ0n) is 16.0. The largest absolute Gasteiger partial charge is 0.492 e. The molecule has 0 radical (unpaired) electrons. The van der Waals surface area contributed by atoms with Crippen molar-refractivity contribution >= 4 is 21.6 Å². The van der Waals surface area contributed by atoms with E-state index in [2.05, 4.69) is 0 Å². The van der Waals surface area contributed by atoms with Crippen molar-refractivity contribution in [2.75, 3.05) is 30.3 Å². The van der Waals surface area contributed by atoms with Gasteiger partial charge in [-0.05, 0) is 31.5 Å². The average Bonchev–Trinajstić information content (AvgIpc) is 2.65. The summed E-state index contributed by atoms with van der Waals surface area (Å²) in [7, 11) is -3.66. The molecule has 6 nitrogen and oxygen atoms in total. The molecule has 0 aromatic heterocycles. The van der Waals surface area contributed by atoms with Crippen LogP contribution in [0.2, 0.25) is 0 Å². The number of anilines is 1. The maximum absolute atomic E-state index is 12.9. The maximum Gasteiger partial charge on any atom is 0.243 e. The molecule has 146 valence electrons. The lowest BCUT2D eigenvalue weighted by Gasteiger charge is -2.28. The van der Waals surface area contributed by atoms with E-state index in [1.807, 2.05) is 44.2 Å². The zero-order valence-corrected chi connectivity index (χ0v) is 16.8. The molecule has 0 unspecified atom stereocenters. The first-order chi connectivity index (χ1) is 12.9. The van der Waals surface area contributed by atoms with Crippen molar-refractivity contribution in [1.29, 1.82) is 0 Å². The Morgan fingerprint density at radius 1 is 1.00 bits per heavy atom. The van der Waals surface area contributed by atoms with Gasteiger partial charge in [-0.3, -0.25) is 9.10 Å². The van der Waals surface area contributed by atoms with Crippen molar-refractivity contribution in [3.05, 3.63) is 60.2 Å². The van der Waals surface area contributed by atoms with E-state index in [-0.39, 0.29) is 12.5 Å². The molecular formula is C20H26N2O4S. The van der Waals surface area contributed by atoms with Gasteiger partial charge in [-0.2, -0.15) is 0 Å². The van der Waals surface area contributed by atoms with Gasteiger partial charge in [0.2, 0.25) is 15.9 Å². The third-order valence-corrected chi connectivity index (χ3v) is 5.19. The van der Waals surface area contributed by atoms with E-state index in [1.165, 1.54) is 0 Å². The summed E-state index contributed by atoms with van der Waals surface area (Å²) in [6.45, 7) is 4.74. The molecule has 2 aromatic carbocycles. The van der Waals surface area contributed by atoms with Crippen LogP contribution < -0.4 is 9.04 Å². The highest BCUT2D eigenvalue weighted by Crippen LogP contribution is 2.29. The highest BCUT2D eigenvalue weighted by atomic mass is 32.2. The van der Waals surface area contributed by atoms with E-state index in [9.17, 15) is 13.2 Å². The number of benzene rings is 2. The van der Waals surface area contributed by atoms with Crippen molar-refractivity contribution < 1.29 is 17.9 Å². The number of hydrogen-bond donors (Lipinski definition) is 0. The Balaban J connectivity index is 2.27. The quantitative estimate of drug-likeness (QED) is 0.660. The summed E-state index contributed by atoms with van der Waals surface area (Å²) >= 11 is 0. The number of hydrogen-bond acceptors (Lipinski definition) is 4. The number of nitrogens with zero attached hydrogens (tertiary/aromatic N) is 2. The summed E-state index contributed by atoms with van der Waals surface area (Å²) in [6, 6.07) is 16.5. The lowest BCUT2D eigenvalue weighted by atomic mass is 10.2. The molecule has 0 spiro atoms. The minimum absolute atomic E-state index is 0.266.